The summed E-state index contributed by atoms with van der Waals surface area (Å²) < 4.78 is 10.7. The van der Waals surface area contributed by atoms with Crippen LogP contribution in [-0.2, 0) is 14.3 Å². The van der Waals surface area contributed by atoms with Gasteiger partial charge >= 0.3 is 11.8 Å². The molecule has 2 rings (SSSR count). The Kier molecular flexibility index (Phi) is 6.54. The number of ether oxygens (including phenoxy) is 2. The summed E-state index contributed by atoms with van der Waals surface area (Å²) in [4.78, 5) is 24.1. The predicted octanol–water partition coefficient (Wildman–Crippen LogP) is 2.45. The van der Waals surface area contributed by atoms with Crippen molar-refractivity contribution in [3.8, 4) is 5.75 Å². The minimum atomic E-state index is -0.722. The monoisotopic (exact) mass is 342 g/mol. The number of nitrogens with one attached hydrogen (secondary N) is 2. The van der Waals surface area contributed by atoms with Crippen molar-refractivity contribution in [3.63, 3.8) is 0 Å². The van der Waals surface area contributed by atoms with E-state index >= 15 is 0 Å². The summed E-state index contributed by atoms with van der Waals surface area (Å²) in [6.07, 6.45) is -0.425. The molecule has 0 aliphatic carbocycles. The largest absolute Gasteiger partial charge is 0.496 e. The highest BCUT2D eigenvalue weighted by Crippen LogP contribution is 2.26. The summed E-state index contributed by atoms with van der Waals surface area (Å²) >= 11 is 0. The highest BCUT2D eigenvalue weighted by Gasteiger charge is 2.19. The van der Waals surface area contributed by atoms with Crippen molar-refractivity contribution in [2.24, 2.45) is 0 Å². The van der Waals surface area contributed by atoms with Crippen molar-refractivity contribution >= 4 is 17.5 Å². The lowest BCUT2D eigenvalue weighted by atomic mass is 10.1. The zero-order valence-corrected chi connectivity index (χ0v) is 14.5. The normalized spacial score (nSPS) is 11.5. The van der Waals surface area contributed by atoms with Gasteiger partial charge in [-0.3, -0.25) is 9.59 Å². The molecule has 6 nitrogen and oxygen atoms in total. The molecule has 0 spiro atoms. The molecule has 1 atom stereocenters. The number of aryl methyl sites for hydroxylation is 1. The van der Waals surface area contributed by atoms with Gasteiger partial charge in [0, 0.05) is 24.9 Å². The second-order valence-electron chi connectivity index (χ2n) is 5.45. The van der Waals surface area contributed by atoms with Crippen LogP contribution in [0.5, 0.6) is 5.75 Å². The van der Waals surface area contributed by atoms with E-state index < -0.39 is 17.9 Å². The molecule has 2 aromatic carbocycles. The first-order chi connectivity index (χ1) is 12.1. The maximum atomic E-state index is 12.1. The van der Waals surface area contributed by atoms with E-state index in [9.17, 15) is 9.59 Å². The third kappa shape index (κ3) is 4.81. The maximum absolute atomic E-state index is 12.1. The molecule has 0 aromatic heterocycles. The fourth-order valence-electron chi connectivity index (χ4n) is 2.41. The first-order valence-corrected chi connectivity index (χ1v) is 7.87. The molecule has 0 radical (unpaired) electrons. The van der Waals surface area contributed by atoms with Crippen molar-refractivity contribution in [2.45, 2.75) is 13.0 Å². The molecule has 0 fully saturated rings. The summed E-state index contributed by atoms with van der Waals surface area (Å²) in [7, 11) is 3.11. The second-order valence-corrected chi connectivity index (χ2v) is 5.45. The Morgan fingerprint density at radius 3 is 2.36 bits per heavy atom. The SMILES string of the molecule is COc1ccccc1C(CNC(=O)C(=O)Nc1ccccc1C)OC. The van der Waals surface area contributed by atoms with Crippen LogP contribution in [0.2, 0.25) is 0 Å². The van der Waals surface area contributed by atoms with Gasteiger partial charge < -0.3 is 20.1 Å². The summed E-state index contributed by atoms with van der Waals surface area (Å²) in [5.41, 5.74) is 2.29. The zero-order chi connectivity index (χ0) is 18.2. The molecule has 0 saturated heterocycles. The van der Waals surface area contributed by atoms with E-state index in [1.807, 2.05) is 43.3 Å². The Balaban J connectivity index is 1.98. The minimum absolute atomic E-state index is 0.150. The summed E-state index contributed by atoms with van der Waals surface area (Å²) in [6.45, 7) is 2.01. The first kappa shape index (κ1) is 18.5. The fraction of sp³-hybridized carbons (Fsp3) is 0.263. The molecule has 2 amide bonds. The maximum Gasteiger partial charge on any atom is 0.313 e. The first-order valence-electron chi connectivity index (χ1n) is 7.87. The number of methoxy groups -OCH3 is 2. The summed E-state index contributed by atoms with van der Waals surface area (Å²) in [5.74, 6) is -0.780. The lowest BCUT2D eigenvalue weighted by Crippen LogP contribution is -2.38. The van der Waals surface area contributed by atoms with E-state index in [1.165, 1.54) is 7.11 Å². The van der Waals surface area contributed by atoms with E-state index in [0.717, 1.165) is 11.1 Å². The minimum Gasteiger partial charge on any atom is -0.496 e. The van der Waals surface area contributed by atoms with Gasteiger partial charge in [0.2, 0.25) is 0 Å². The van der Waals surface area contributed by atoms with Gasteiger partial charge in [0.15, 0.2) is 0 Å². The number of carbonyl (C=O) groups excluding carboxylic acids is 2. The molecule has 25 heavy (non-hydrogen) atoms. The number of anilines is 1. The smallest absolute Gasteiger partial charge is 0.313 e. The highest BCUT2D eigenvalue weighted by molar-refractivity contribution is 6.39. The van der Waals surface area contributed by atoms with Crippen LogP contribution in [0.4, 0.5) is 5.69 Å². The van der Waals surface area contributed by atoms with Crippen LogP contribution in [-0.4, -0.2) is 32.6 Å². The lowest BCUT2D eigenvalue weighted by molar-refractivity contribution is -0.136. The number of amides is 2. The number of benzene rings is 2. The van der Waals surface area contributed by atoms with Crippen LogP contribution >= 0.6 is 0 Å². The molecule has 0 heterocycles. The van der Waals surface area contributed by atoms with Crippen LogP contribution in [0.25, 0.3) is 0 Å². The van der Waals surface area contributed by atoms with Gasteiger partial charge in [-0.05, 0) is 24.6 Å². The topological polar surface area (TPSA) is 76.7 Å². The molecule has 0 bridgehead atoms. The fourth-order valence-corrected chi connectivity index (χ4v) is 2.41. The Morgan fingerprint density at radius 2 is 1.68 bits per heavy atom. The van der Waals surface area contributed by atoms with E-state index in [1.54, 1.807) is 19.2 Å². The third-order valence-corrected chi connectivity index (χ3v) is 3.82. The van der Waals surface area contributed by atoms with Crippen molar-refractivity contribution in [1.82, 2.24) is 5.32 Å². The Labute approximate surface area is 147 Å². The van der Waals surface area contributed by atoms with Crippen LogP contribution in [0, 0.1) is 6.92 Å². The van der Waals surface area contributed by atoms with Gasteiger partial charge in [0.05, 0.1) is 7.11 Å². The Bertz CT molecular complexity index is 746. The molecule has 0 aliphatic heterocycles. The van der Waals surface area contributed by atoms with E-state index in [4.69, 9.17) is 9.47 Å². The average molecular weight is 342 g/mol. The van der Waals surface area contributed by atoms with Crippen LogP contribution < -0.4 is 15.4 Å². The van der Waals surface area contributed by atoms with E-state index in [-0.39, 0.29) is 6.54 Å². The summed E-state index contributed by atoms with van der Waals surface area (Å²) in [6, 6.07) is 14.6. The molecule has 2 aromatic rings. The van der Waals surface area contributed by atoms with Gasteiger partial charge in [-0.15, -0.1) is 0 Å². The van der Waals surface area contributed by atoms with Crippen molar-refractivity contribution < 1.29 is 19.1 Å². The molecule has 132 valence electrons. The van der Waals surface area contributed by atoms with Crippen LogP contribution in [0.1, 0.15) is 17.2 Å². The molecule has 0 aliphatic rings. The third-order valence-electron chi connectivity index (χ3n) is 3.82. The van der Waals surface area contributed by atoms with Gasteiger partial charge in [-0.2, -0.15) is 0 Å². The molecular formula is C19H22N2O4. The van der Waals surface area contributed by atoms with Gasteiger partial charge in [0.1, 0.15) is 11.9 Å². The number of rotatable bonds is 6. The average Bonchev–Trinajstić information content (AvgIpc) is 2.64. The lowest BCUT2D eigenvalue weighted by Gasteiger charge is -2.19. The molecule has 1 unspecified atom stereocenters. The van der Waals surface area contributed by atoms with E-state index in [0.29, 0.717) is 11.4 Å². The summed E-state index contributed by atoms with van der Waals surface area (Å²) in [5, 5.41) is 5.19. The van der Waals surface area contributed by atoms with Crippen molar-refractivity contribution in [1.29, 1.82) is 0 Å². The zero-order valence-electron chi connectivity index (χ0n) is 14.5. The van der Waals surface area contributed by atoms with Gasteiger partial charge in [-0.25, -0.2) is 0 Å². The number of carbonyl (C=O) groups is 2. The predicted molar refractivity (Wildman–Crippen MR) is 95.6 cm³/mol. The van der Waals surface area contributed by atoms with Crippen LogP contribution in [0.15, 0.2) is 48.5 Å². The van der Waals surface area contributed by atoms with Gasteiger partial charge in [-0.1, -0.05) is 36.4 Å². The van der Waals surface area contributed by atoms with Crippen molar-refractivity contribution in [2.75, 3.05) is 26.1 Å². The van der Waals surface area contributed by atoms with E-state index in [2.05, 4.69) is 10.6 Å². The Morgan fingerprint density at radius 1 is 1.00 bits per heavy atom. The molecule has 2 N–H and O–H groups in total. The standard InChI is InChI=1S/C19H22N2O4/c1-13-8-4-6-10-15(13)21-19(23)18(22)20-12-17(25-3)14-9-5-7-11-16(14)24-2/h4-11,17H,12H2,1-3H3,(H,20,22)(H,21,23). The second kappa shape index (κ2) is 8.84. The van der Waals surface area contributed by atoms with Crippen LogP contribution in [0.3, 0.4) is 0 Å². The number of para-hydroxylation sites is 2. The molecule has 6 heteroatoms. The van der Waals surface area contributed by atoms with Gasteiger partial charge in [0.25, 0.3) is 0 Å². The molecular weight excluding hydrogens is 320 g/mol. The quantitative estimate of drug-likeness (QED) is 0.791. The molecule has 0 saturated carbocycles. The Hall–Kier alpha value is -2.86. The number of hydrogen-bond donors (Lipinski definition) is 2. The van der Waals surface area contributed by atoms with Crippen molar-refractivity contribution in [3.05, 3.63) is 59.7 Å². The number of hydrogen-bond acceptors (Lipinski definition) is 4. The highest BCUT2D eigenvalue weighted by atomic mass is 16.5.